The topological polar surface area (TPSA) is 62.5 Å². The van der Waals surface area contributed by atoms with Crippen molar-refractivity contribution in [3.63, 3.8) is 0 Å². The summed E-state index contributed by atoms with van der Waals surface area (Å²) >= 11 is 1.30. The highest BCUT2D eigenvalue weighted by Crippen LogP contribution is 2.26. The Morgan fingerprint density at radius 3 is 2.62 bits per heavy atom. The van der Waals surface area contributed by atoms with Crippen LogP contribution in [-0.4, -0.2) is 15.0 Å². The van der Waals surface area contributed by atoms with Crippen LogP contribution < -0.4 is 0 Å². The van der Waals surface area contributed by atoms with Crippen LogP contribution in [0.2, 0.25) is 0 Å². The maximum absolute atomic E-state index is 9.03. The van der Waals surface area contributed by atoms with Crippen molar-refractivity contribution in [3.8, 4) is 6.07 Å². The van der Waals surface area contributed by atoms with Gasteiger partial charge >= 0.3 is 0 Å². The van der Waals surface area contributed by atoms with Crippen molar-refractivity contribution in [2.45, 2.75) is 17.1 Å². The molecule has 78 valence electrons. The smallest absolute Gasteiger partial charge is 0.193 e. The number of aromatic nitrogens is 3. The van der Waals surface area contributed by atoms with E-state index in [0.29, 0.717) is 15.7 Å². The molecule has 2 aromatic rings. The summed E-state index contributed by atoms with van der Waals surface area (Å²) in [4.78, 5) is 12.3. The molecule has 0 aliphatic rings. The molecule has 4 nitrogen and oxygen atoms in total. The number of nitrogens with zero attached hydrogens (tertiary/aromatic N) is 4. The van der Waals surface area contributed by atoms with E-state index in [1.807, 2.05) is 13.0 Å². The lowest BCUT2D eigenvalue weighted by molar-refractivity contribution is 0.957. The third kappa shape index (κ3) is 2.18. The first-order chi connectivity index (χ1) is 7.81. The Bertz CT molecular complexity index is 533. The van der Waals surface area contributed by atoms with Gasteiger partial charge in [0, 0.05) is 18.6 Å². The molecule has 0 radical (unpaired) electrons. The van der Waals surface area contributed by atoms with Crippen LogP contribution in [0.4, 0.5) is 0 Å². The van der Waals surface area contributed by atoms with Crippen LogP contribution >= 0.6 is 11.8 Å². The molecule has 0 aromatic carbocycles. The zero-order valence-electron chi connectivity index (χ0n) is 8.58. The molecule has 0 spiro atoms. The van der Waals surface area contributed by atoms with Gasteiger partial charge in [0.1, 0.15) is 11.1 Å². The summed E-state index contributed by atoms with van der Waals surface area (Å²) < 4.78 is 0. The molecule has 0 atom stereocenters. The summed E-state index contributed by atoms with van der Waals surface area (Å²) in [7, 11) is 0. The summed E-state index contributed by atoms with van der Waals surface area (Å²) in [5, 5.41) is 10.3. The number of pyridine rings is 1. The van der Waals surface area contributed by atoms with E-state index < -0.39 is 0 Å². The number of rotatable bonds is 2. The normalized spacial score (nSPS) is 9.75. The van der Waals surface area contributed by atoms with E-state index in [-0.39, 0.29) is 0 Å². The predicted octanol–water partition coefficient (Wildman–Crippen LogP) is 2.20. The van der Waals surface area contributed by atoms with E-state index in [1.54, 1.807) is 24.7 Å². The molecule has 0 amide bonds. The second-order valence-corrected chi connectivity index (χ2v) is 4.01. The number of aryl methyl sites for hydroxylation is 1. The highest BCUT2D eigenvalue weighted by Gasteiger charge is 2.09. The molecule has 2 rings (SSSR count). The number of hydrogen-bond acceptors (Lipinski definition) is 5. The molecule has 2 aromatic heterocycles. The van der Waals surface area contributed by atoms with Gasteiger partial charge in [-0.05, 0) is 36.4 Å². The minimum absolute atomic E-state index is 0.583. The third-order valence-corrected chi connectivity index (χ3v) is 2.86. The monoisotopic (exact) mass is 228 g/mol. The van der Waals surface area contributed by atoms with Crippen LogP contribution in [0.3, 0.4) is 0 Å². The fourth-order valence-corrected chi connectivity index (χ4v) is 1.99. The fourth-order valence-electron chi connectivity index (χ4n) is 1.17. The van der Waals surface area contributed by atoms with E-state index in [4.69, 9.17) is 5.26 Å². The quantitative estimate of drug-likeness (QED) is 0.737. The summed E-state index contributed by atoms with van der Waals surface area (Å²) in [5.74, 6) is 0. The Kier molecular flexibility index (Phi) is 3.13. The van der Waals surface area contributed by atoms with Crippen molar-refractivity contribution in [3.05, 3.63) is 41.9 Å². The van der Waals surface area contributed by atoms with Gasteiger partial charge in [-0.25, -0.2) is 15.0 Å². The maximum Gasteiger partial charge on any atom is 0.193 e. The van der Waals surface area contributed by atoms with Gasteiger partial charge < -0.3 is 0 Å². The van der Waals surface area contributed by atoms with E-state index in [1.165, 1.54) is 11.8 Å². The first-order valence-corrected chi connectivity index (χ1v) is 5.43. The van der Waals surface area contributed by atoms with Crippen molar-refractivity contribution in [2.75, 3.05) is 0 Å². The van der Waals surface area contributed by atoms with Gasteiger partial charge in [0.15, 0.2) is 5.16 Å². The lowest BCUT2D eigenvalue weighted by Crippen LogP contribution is -1.92. The molecule has 2 heterocycles. The van der Waals surface area contributed by atoms with Crippen LogP contribution in [0, 0.1) is 18.3 Å². The maximum atomic E-state index is 9.03. The Morgan fingerprint density at radius 2 is 1.94 bits per heavy atom. The average molecular weight is 228 g/mol. The minimum atomic E-state index is 0.583. The Labute approximate surface area is 97.4 Å². The Hall–Kier alpha value is -1.93. The molecule has 0 bridgehead atoms. The zero-order valence-corrected chi connectivity index (χ0v) is 9.40. The van der Waals surface area contributed by atoms with Gasteiger partial charge in [-0.3, -0.25) is 0 Å². The van der Waals surface area contributed by atoms with Crippen molar-refractivity contribution >= 4 is 11.8 Å². The first-order valence-electron chi connectivity index (χ1n) is 4.62. The third-order valence-electron chi connectivity index (χ3n) is 1.97. The van der Waals surface area contributed by atoms with Gasteiger partial charge in [0.05, 0.1) is 5.56 Å². The summed E-state index contributed by atoms with van der Waals surface area (Å²) in [6.07, 6.45) is 5.01. The highest BCUT2D eigenvalue weighted by molar-refractivity contribution is 7.99. The lowest BCUT2D eigenvalue weighted by Gasteiger charge is -2.02. The molecule has 0 saturated carbocycles. The van der Waals surface area contributed by atoms with Crippen molar-refractivity contribution < 1.29 is 0 Å². The predicted molar refractivity (Wildman–Crippen MR) is 59.8 cm³/mol. The Morgan fingerprint density at radius 1 is 1.19 bits per heavy atom. The number of hydrogen-bond donors (Lipinski definition) is 0. The van der Waals surface area contributed by atoms with Crippen LogP contribution in [0.5, 0.6) is 0 Å². The molecule has 5 heteroatoms. The van der Waals surface area contributed by atoms with Crippen molar-refractivity contribution in [1.82, 2.24) is 15.0 Å². The molecule has 0 saturated heterocycles. The molecule has 0 aliphatic heterocycles. The Balaban J connectivity index is 2.36. The van der Waals surface area contributed by atoms with E-state index >= 15 is 0 Å². The fraction of sp³-hybridized carbons (Fsp3) is 0.0909. The van der Waals surface area contributed by atoms with E-state index in [2.05, 4.69) is 21.0 Å². The number of nitriles is 1. The molecular formula is C11H8N4S. The zero-order chi connectivity index (χ0) is 11.4. The van der Waals surface area contributed by atoms with E-state index in [0.717, 1.165) is 5.56 Å². The standard InChI is InChI=1S/C11H8N4S/c1-8-3-6-13-10(9(8)7-12)16-11-14-4-2-5-15-11/h2-6H,1H3. The lowest BCUT2D eigenvalue weighted by atomic mass is 10.2. The average Bonchev–Trinajstić information content (AvgIpc) is 2.31. The largest absolute Gasteiger partial charge is 0.248 e. The molecule has 0 unspecified atom stereocenters. The van der Waals surface area contributed by atoms with Crippen LogP contribution in [0.25, 0.3) is 0 Å². The summed E-state index contributed by atoms with van der Waals surface area (Å²) in [5.41, 5.74) is 1.50. The molecule has 0 aliphatic carbocycles. The summed E-state index contributed by atoms with van der Waals surface area (Å²) in [6.45, 7) is 1.89. The van der Waals surface area contributed by atoms with Crippen LogP contribution in [0.1, 0.15) is 11.1 Å². The van der Waals surface area contributed by atoms with Crippen LogP contribution in [-0.2, 0) is 0 Å². The van der Waals surface area contributed by atoms with Gasteiger partial charge in [-0.15, -0.1) is 0 Å². The molecule has 0 N–H and O–H groups in total. The van der Waals surface area contributed by atoms with Gasteiger partial charge in [-0.2, -0.15) is 5.26 Å². The van der Waals surface area contributed by atoms with Gasteiger partial charge in [0.2, 0.25) is 0 Å². The molecule has 0 fully saturated rings. The van der Waals surface area contributed by atoms with E-state index in [9.17, 15) is 0 Å². The summed E-state index contributed by atoms with van der Waals surface area (Å²) in [6, 6.07) is 5.71. The second-order valence-electron chi connectivity index (χ2n) is 3.05. The molecular weight excluding hydrogens is 220 g/mol. The molecule has 16 heavy (non-hydrogen) atoms. The minimum Gasteiger partial charge on any atom is -0.248 e. The SMILES string of the molecule is Cc1ccnc(Sc2ncccn2)c1C#N. The highest BCUT2D eigenvalue weighted by atomic mass is 32.2. The second kappa shape index (κ2) is 4.73. The van der Waals surface area contributed by atoms with Crippen molar-refractivity contribution in [1.29, 1.82) is 5.26 Å². The van der Waals surface area contributed by atoms with Crippen molar-refractivity contribution in [2.24, 2.45) is 0 Å². The first kappa shape index (κ1) is 10.6. The van der Waals surface area contributed by atoms with Gasteiger partial charge in [-0.1, -0.05) is 0 Å². The van der Waals surface area contributed by atoms with Crippen LogP contribution in [0.15, 0.2) is 40.9 Å². The van der Waals surface area contributed by atoms with Gasteiger partial charge in [0.25, 0.3) is 0 Å².